The van der Waals surface area contributed by atoms with Gasteiger partial charge in [0.2, 0.25) is 0 Å². The molecule has 0 fully saturated rings. The predicted octanol–water partition coefficient (Wildman–Crippen LogP) is 0.447. The smallest absolute Gasteiger partial charge is 0.331 e. The highest BCUT2D eigenvalue weighted by molar-refractivity contribution is 5.95. The van der Waals surface area contributed by atoms with E-state index in [0.29, 0.717) is 0 Å². The maximum Gasteiger partial charge on any atom is 0.331 e. The topological polar surface area (TPSA) is 101 Å². The summed E-state index contributed by atoms with van der Waals surface area (Å²) in [7, 11) is 0. The number of carbonyl (C=O) groups is 3. The van der Waals surface area contributed by atoms with Crippen molar-refractivity contribution in [3.63, 3.8) is 0 Å². The Balaban J connectivity index is 4.52. The van der Waals surface area contributed by atoms with Crippen LogP contribution in [0.25, 0.3) is 0 Å². The molecule has 6 nitrogen and oxygen atoms in total. The number of rotatable bonds is 7. The first-order chi connectivity index (χ1) is 7.40. The number of esters is 1. The second kappa shape index (κ2) is 6.39. The van der Waals surface area contributed by atoms with E-state index >= 15 is 0 Å². The van der Waals surface area contributed by atoms with Crippen LogP contribution in [0.15, 0.2) is 24.8 Å². The van der Waals surface area contributed by atoms with Gasteiger partial charge in [-0.25, -0.2) is 4.79 Å². The number of hydrogen-bond acceptors (Lipinski definition) is 4. The Morgan fingerprint density at radius 2 is 1.88 bits per heavy atom. The number of aliphatic carboxylic acids is 2. The lowest BCUT2D eigenvalue weighted by atomic mass is 9.97. The minimum absolute atomic E-state index is 0.0509. The Kier molecular flexibility index (Phi) is 5.55. The minimum atomic E-state index is -1.48. The normalized spacial score (nSPS) is 11.2. The molecule has 6 heteroatoms. The van der Waals surface area contributed by atoms with Crippen molar-refractivity contribution in [1.29, 1.82) is 0 Å². The van der Waals surface area contributed by atoms with E-state index < -0.39 is 35.8 Å². The zero-order chi connectivity index (χ0) is 12.7. The van der Waals surface area contributed by atoms with Crippen molar-refractivity contribution in [2.24, 2.45) is 5.92 Å². The van der Waals surface area contributed by atoms with E-state index in [1.807, 2.05) is 0 Å². The highest BCUT2D eigenvalue weighted by Crippen LogP contribution is 2.15. The molecule has 0 aromatic rings. The molecule has 0 bridgehead atoms. The molecule has 1 atom stereocenters. The average Bonchev–Trinajstić information content (AvgIpc) is 2.21. The molecule has 0 aliphatic carbocycles. The molecule has 1 unspecified atom stereocenters. The summed E-state index contributed by atoms with van der Waals surface area (Å²) in [6.45, 7) is 6.35. The second-order valence-electron chi connectivity index (χ2n) is 2.90. The Bertz CT molecular complexity index is 330. The molecule has 2 N–H and O–H groups in total. The summed E-state index contributed by atoms with van der Waals surface area (Å²) in [6.07, 6.45) is 0.758. The number of ether oxygens (including phenoxy) is 1. The molecule has 88 valence electrons. The lowest BCUT2D eigenvalue weighted by Gasteiger charge is -2.10. The van der Waals surface area contributed by atoms with Gasteiger partial charge >= 0.3 is 17.9 Å². The fourth-order valence-electron chi connectivity index (χ4n) is 0.886. The summed E-state index contributed by atoms with van der Waals surface area (Å²) < 4.78 is 4.55. The maximum absolute atomic E-state index is 11.1. The summed E-state index contributed by atoms with van der Waals surface area (Å²) in [4.78, 5) is 32.3. The van der Waals surface area contributed by atoms with Gasteiger partial charge in [0.05, 0.1) is 12.3 Å². The van der Waals surface area contributed by atoms with Crippen molar-refractivity contribution in [1.82, 2.24) is 0 Å². The molecule has 0 radical (unpaired) electrons. The van der Waals surface area contributed by atoms with Crippen LogP contribution in [0.5, 0.6) is 0 Å². The van der Waals surface area contributed by atoms with E-state index in [1.54, 1.807) is 0 Å². The monoisotopic (exact) mass is 228 g/mol. The lowest BCUT2D eigenvalue weighted by Crippen LogP contribution is -2.24. The SMILES string of the molecule is C=CCOC(=O)CC(C(=C)C(=O)O)C(=O)O. The van der Waals surface area contributed by atoms with Gasteiger partial charge < -0.3 is 14.9 Å². The van der Waals surface area contributed by atoms with Crippen molar-refractivity contribution in [3.8, 4) is 0 Å². The standard InChI is InChI=1S/C10H12O6/c1-3-4-16-8(11)5-7(10(14)15)6(2)9(12)13/h3,7H,1-2,4-5H2,(H,12,13)(H,14,15). The van der Waals surface area contributed by atoms with E-state index in [4.69, 9.17) is 10.2 Å². The number of carbonyl (C=O) groups excluding carboxylic acids is 1. The van der Waals surface area contributed by atoms with Gasteiger partial charge in [-0.2, -0.15) is 0 Å². The quantitative estimate of drug-likeness (QED) is 0.372. The lowest BCUT2D eigenvalue weighted by molar-refractivity contribution is -0.150. The van der Waals surface area contributed by atoms with Crippen LogP contribution in [0.3, 0.4) is 0 Å². The highest BCUT2D eigenvalue weighted by atomic mass is 16.5. The van der Waals surface area contributed by atoms with Crippen molar-refractivity contribution < 1.29 is 29.3 Å². The van der Waals surface area contributed by atoms with E-state index in [2.05, 4.69) is 17.9 Å². The molecular formula is C10H12O6. The maximum atomic E-state index is 11.1. The Labute approximate surface area is 91.8 Å². The molecule has 16 heavy (non-hydrogen) atoms. The molecule has 0 aromatic heterocycles. The van der Waals surface area contributed by atoms with Crippen LogP contribution in [-0.4, -0.2) is 34.7 Å². The van der Waals surface area contributed by atoms with Crippen LogP contribution in [-0.2, 0) is 19.1 Å². The predicted molar refractivity (Wildman–Crippen MR) is 53.7 cm³/mol. The minimum Gasteiger partial charge on any atom is -0.481 e. The average molecular weight is 228 g/mol. The van der Waals surface area contributed by atoms with Gasteiger partial charge in [0.25, 0.3) is 0 Å². The van der Waals surface area contributed by atoms with Crippen LogP contribution >= 0.6 is 0 Å². The summed E-state index contributed by atoms with van der Waals surface area (Å²) in [5.74, 6) is -5.17. The molecule has 0 aliphatic heterocycles. The van der Waals surface area contributed by atoms with Crippen molar-refractivity contribution in [2.75, 3.05) is 6.61 Å². The number of hydrogen-bond donors (Lipinski definition) is 2. The molecular weight excluding hydrogens is 216 g/mol. The first-order valence-corrected chi connectivity index (χ1v) is 4.31. The van der Waals surface area contributed by atoms with Crippen molar-refractivity contribution >= 4 is 17.9 Å². The Morgan fingerprint density at radius 3 is 2.25 bits per heavy atom. The molecule has 0 saturated carbocycles. The van der Waals surface area contributed by atoms with Gasteiger partial charge in [-0.3, -0.25) is 9.59 Å². The molecule has 0 aliphatic rings. The Morgan fingerprint density at radius 1 is 1.31 bits per heavy atom. The van der Waals surface area contributed by atoms with Gasteiger partial charge in [0.1, 0.15) is 6.61 Å². The fraction of sp³-hybridized carbons (Fsp3) is 0.300. The van der Waals surface area contributed by atoms with E-state index in [0.717, 1.165) is 0 Å². The molecule has 0 amide bonds. The summed E-state index contributed by atoms with van der Waals surface area (Å²) in [5.41, 5.74) is -0.553. The van der Waals surface area contributed by atoms with Crippen molar-refractivity contribution in [2.45, 2.75) is 6.42 Å². The summed E-state index contributed by atoms with van der Waals surface area (Å²) in [6, 6.07) is 0. The third kappa shape index (κ3) is 4.41. The van der Waals surface area contributed by atoms with E-state index in [1.165, 1.54) is 6.08 Å². The van der Waals surface area contributed by atoms with E-state index in [9.17, 15) is 14.4 Å². The second-order valence-corrected chi connectivity index (χ2v) is 2.90. The van der Waals surface area contributed by atoms with Gasteiger partial charge in [0, 0.05) is 5.57 Å². The van der Waals surface area contributed by atoms with Gasteiger partial charge in [-0.05, 0) is 0 Å². The molecule has 0 saturated heterocycles. The molecule has 0 aromatic carbocycles. The van der Waals surface area contributed by atoms with Gasteiger partial charge in [0.15, 0.2) is 0 Å². The largest absolute Gasteiger partial charge is 0.481 e. The van der Waals surface area contributed by atoms with Crippen LogP contribution < -0.4 is 0 Å². The first kappa shape index (κ1) is 13.9. The number of carboxylic acid groups (broad SMARTS) is 2. The Hall–Kier alpha value is -2.11. The zero-order valence-electron chi connectivity index (χ0n) is 8.51. The highest BCUT2D eigenvalue weighted by Gasteiger charge is 2.28. The zero-order valence-corrected chi connectivity index (χ0v) is 8.51. The number of carboxylic acids is 2. The van der Waals surface area contributed by atoms with Crippen LogP contribution in [0.1, 0.15) is 6.42 Å². The van der Waals surface area contributed by atoms with Gasteiger partial charge in [-0.1, -0.05) is 19.2 Å². The van der Waals surface area contributed by atoms with Gasteiger partial charge in [-0.15, -0.1) is 0 Å². The van der Waals surface area contributed by atoms with Crippen LogP contribution in [0.2, 0.25) is 0 Å². The molecule has 0 heterocycles. The fourth-order valence-corrected chi connectivity index (χ4v) is 0.886. The third-order valence-electron chi connectivity index (χ3n) is 1.73. The molecule has 0 rings (SSSR count). The van der Waals surface area contributed by atoms with Crippen LogP contribution in [0.4, 0.5) is 0 Å². The first-order valence-electron chi connectivity index (χ1n) is 4.31. The summed E-state index contributed by atoms with van der Waals surface area (Å²) >= 11 is 0. The van der Waals surface area contributed by atoms with E-state index in [-0.39, 0.29) is 6.61 Å². The van der Waals surface area contributed by atoms with Crippen LogP contribution in [0, 0.1) is 5.92 Å². The van der Waals surface area contributed by atoms with Crippen molar-refractivity contribution in [3.05, 3.63) is 24.8 Å². The third-order valence-corrected chi connectivity index (χ3v) is 1.73. The summed E-state index contributed by atoms with van der Waals surface area (Å²) in [5, 5.41) is 17.3. The molecule has 0 spiro atoms.